The molecule has 1 atom stereocenters. The minimum Gasteiger partial charge on any atom is -0.625 e. The van der Waals surface area contributed by atoms with Gasteiger partial charge in [-0.25, -0.2) is 4.99 Å². The lowest BCUT2D eigenvalue weighted by Crippen LogP contribution is -2.56. The van der Waals surface area contributed by atoms with E-state index in [1.165, 1.54) is 0 Å². The molecule has 0 radical (unpaired) electrons. The van der Waals surface area contributed by atoms with E-state index in [1.54, 1.807) is 11.8 Å². The van der Waals surface area contributed by atoms with Crippen LogP contribution in [0.25, 0.3) is 0 Å². The van der Waals surface area contributed by atoms with Crippen LogP contribution in [0.5, 0.6) is 0 Å². The van der Waals surface area contributed by atoms with Crippen LogP contribution in [0.15, 0.2) is 49.4 Å². The highest BCUT2D eigenvalue weighted by Crippen LogP contribution is 2.31. The quantitative estimate of drug-likeness (QED) is 0.609. The number of hydrogen-bond acceptors (Lipinski definition) is 5. The zero-order chi connectivity index (χ0) is 16.4. The van der Waals surface area contributed by atoms with Crippen molar-refractivity contribution >= 4 is 39.4 Å². The number of fused-ring (bicyclic) bond motifs is 1. The van der Waals surface area contributed by atoms with E-state index in [-0.39, 0.29) is 0 Å². The second-order valence-electron chi connectivity index (χ2n) is 5.56. The third-order valence-corrected chi connectivity index (χ3v) is 5.19. The summed E-state index contributed by atoms with van der Waals surface area (Å²) in [7, 11) is 0. The number of hydroxylamine groups is 3. The summed E-state index contributed by atoms with van der Waals surface area (Å²) in [5.74, 6) is 1.16. The van der Waals surface area contributed by atoms with Crippen molar-refractivity contribution in [1.29, 1.82) is 0 Å². The van der Waals surface area contributed by atoms with E-state index < -0.39 is 4.65 Å². The lowest BCUT2D eigenvalue weighted by Gasteiger charge is -2.44. The molecule has 0 bridgehead atoms. The Kier molecular flexibility index (Phi) is 4.91. The van der Waals surface area contributed by atoms with Crippen LogP contribution in [0.1, 0.15) is 25.3 Å². The first-order chi connectivity index (χ1) is 11.1. The normalized spacial score (nSPS) is 23.3. The number of nitrogens with one attached hydrogen (secondary N) is 1. The molecule has 1 N–H and O–H groups in total. The molecule has 7 heteroatoms. The van der Waals surface area contributed by atoms with Crippen LogP contribution < -0.4 is 5.32 Å². The molecule has 1 unspecified atom stereocenters. The number of rotatable bonds is 5. The van der Waals surface area contributed by atoms with Crippen molar-refractivity contribution in [2.75, 3.05) is 19.5 Å². The average Bonchev–Trinajstić information content (AvgIpc) is 3.01. The Morgan fingerprint density at radius 3 is 2.70 bits per heavy atom. The highest BCUT2D eigenvalue weighted by molar-refractivity contribution is 9.10. The van der Waals surface area contributed by atoms with Crippen molar-refractivity contribution in [2.24, 2.45) is 9.98 Å². The van der Waals surface area contributed by atoms with Crippen molar-refractivity contribution in [2.45, 2.75) is 19.8 Å². The molecule has 0 aromatic heterocycles. The van der Waals surface area contributed by atoms with Gasteiger partial charge in [0.25, 0.3) is 5.84 Å². The molecule has 23 heavy (non-hydrogen) atoms. The zero-order valence-corrected chi connectivity index (χ0v) is 15.6. The molecule has 1 aromatic rings. The minimum absolute atomic E-state index is 0.321. The van der Waals surface area contributed by atoms with Crippen LogP contribution in [0.4, 0.5) is 0 Å². The van der Waals surface area contributed by atoms with Gasteiger partial charge in [0, 0.05) is 10.0 Å². The second-order valence-corrected chi connectivity index (χ2v) is 7.29. The molecular formula is C16H19BrN4OS. The molecule has 2 aliphatic heterocycles. The van der Waals surface area contributed by atoms with E-state index >= 15 is 0 Å². The molecule has 2 heterocycles. The molecule has 2 aliphatic rings. The Labute approximate surface area is 148 Å². The van der Waals surface area contributed by atoms with Crippen molar-refractivity contribution < 1.29 is 4.65 Å². The number of unbranched alkanes of at least 4 members (excludes halogenated alkanes) is 1. The number of hydrogen-bond donors (Lipinski definition) is 1. The Morgan fingerprint density at radius 2 is 2.04 bits per heavy atom. The molecule has 1 aromatic carbocycles. The van der Waals surface area contributed by atoms with E-state index in [2.05, 4.69) is 38.2 Å². The van der Waals surface area contributed by atoms with E-state index in [0.717, 1.165) is 27.9 Å². The minimum atomic E-state index is -0.448. The van der Waals surface area contributed by atoms with Crippen molar-refractivity contribution in [3.05, 3.63) is 50.2 Å². The zero-order valence-electron chi connectivity index (χ0n) is 13.2. The van der Waals surface area contributed by atoms with Gasteiger partial charge in [0.2, 0.25) is 0 Å². The van der Waals surface area contributed by atoms with E-state index in [0.29, 0.717) is 30.6 Å². The molecule has 0 aliphatic carbocycles. The van der Waals surface area contributed by atoms with Crippen molar-refractivity contribution in [3.63, 3.8) is 0 Å². The SMILES string of the molecule is CCCC[N+]1([O-])CNC(SC)=C2N=C(c3ccc(Br)cc3)N=C21. The standard InChI is InChI=1S/C16H19BrN4OS/c1-3-4-9-21(22)10-18-16(23-2)13-15(21)20-14(19-13)11-5-7-12(17)8-6-11/h5-8,18H,3-4,9-10H2,1-2H3. The van der Waals surface area contributed by atoms with Crippen LogP contribution in [0.3, 0.4) is 0 Å². The summed E-state index contributed by atoms with van der Waals surface area (Å²) in [6.07, 6.45) is 3.85. The number of amidine groups is 2. The largest absolute Gasteiger partial charge is 0.625 e. The van der Waals surface area contributed by atoms with Gasteiger partial charge in [-0.3, -0.25) is 4.65 Å². The third kappa shape index (κ3) is 3.24. The van der Waals surface area contributed by atoms with Crippen molar-refractivity contribution in [3.8, 4) is 0 Å². The molecule has 0 amide bonds. The maximum atomic E-state index is 13.2. The maximum Gasteiger partial charge on any atom is 0.260 e. The van der Waals surface area contributed by atoms with Crippen LogP contribution in [-0.4, -0.2) is 35.8 Å². The molecule has 0 fully saturated rings. The number of aliphatic imine (C=N–C) groups is 2. The Balaban J connectivity index is 2.01. The summed E-state index contributed by atoms with van der Waals surface area (Å²) in [5, 5.41) is 17.4. The summed E-state index contributed by atoms with van der Waals surface area (Å²) in [6.45, 7) is 2.94. The number of thioether (sulfide) groups is 1. The van der Waals surface area contributed by atoms with E-state index in [9.17, 15) is 5.21 Å². The average molecular weight is 395 g/mol. The van der Waals surface area contributed by atoms with Gasteiger partial charge in [-0.15, -0.1) is 11.8 Å². The number of halogens is 1. The molecule has 3 rings (SSSR count). The smallest absolute Gasteiger partial charge is 0.260 e. The molecular weight excluding hydrogens is 376 g/mol. The Bertz CT molecular complexity index is 699. The van der Waals surface area contributed by atoms with Crippen LogP contribution >= 0.6 is 27.7 Å². The van der Waals surface area contributed by atoms with Crippen LogP contribution in [0.2, 0.25) is 0 Å². The molecule has 0 spiro atoms. The highest BCUT2D eigenvalue weighted by Gasteiger charge is 2.38. The van der Waals surface area contributed by atoms with E-state index in [1.807, 2.05) is 30.5 Å². The third-order valence-electron chi connectivity index (χ3n) is 3.92. The molecule has 5 nitrogen and oxygen atoms in total. The predicted octanol–water partition coefficient (Wildman–Crippen LogP) is 3.82. The van der Waals surface area contributed by atoms with Gasteiger partial charge in [0.15, 0.2) is 18.2 Å². The summed E-state index contributed by atoms with van der Waals surface area (Å²) in [4.78, 5) is 9.26. The van der Waals surface area contributed by atoms with Gasteiger partial charge in [-0.05, 0) is 24.8 Å². The number of benzene rings is 1. The predicted molar refractivity (Wildman–Crippen MR) is 100 cm³/mol. The summed E-state index contributed by atoms with van der Waals surface area (Å²) < 4.78 is 0.559. The van der Waals surface area contributed by atoms with Crippen LogP contribution in [-0.2, 0) is 0 Å². The first kappa shape index (κ1) is 16.7. The topological polar surface area (TPSA) is 59.8 Å². The summed E-state index contributed by atoms with van der Waals surface area (Å²) in [6, 6.07) is 7.84. The number of nitrogens with zero attached hydrogens (tertiary/aromatic N) is 3. The second kappa shape index (κ2) is 6.76. The molecule has 122 valence electrons. The van der Waals surface area contributed by atoms with Gasteiger partial charge >= 0.3 is 0 Å². The number of quaternary nitrogens is 1. The fraction of sp³-hybridized carbons (Fsp3) is 0.375. The lowest BCUT2D eigenvalue weighted by atomic mass is 10.2. The highest BCUT2D eigenvalue weighted by atomic mass is 79.9. The van der Waals surface area contributed by atoms with Gasteiger partial charge in [0.05, 0.1) is 6.54 Å². The van der Waals surface area contributed by atoms with Gasteiger partial charge in [-0.2, -0.15) is 4.99 Å². The van der Waals surface area contributed by atoms with Crippen LogP contribution in [0, 0.1) is 5.21 Å². The first-order valence-corrected chi connectivity index (χ1v) is 9.63. The Hall–Kier alpha value is -1.15. The maximum absolute atomic E-state index is 13.2. The fourth-order valence-corrected chi connectivity index (χ4v) is 3.43. The van der Waals surface area contributed by atoms with Gasteiger partial charge < -0.3 is 10.5 Å². The monoisotopic (exact) mass is 394 g/mol. The summed E-state index contributed by atoms with van der Waals surface area (Å²) in [5.41, 5.74) is 1.62. The molecule has 0 saturated heterocycles. The molecule has 0 saturated carbocycles. The van der Waals surface area contributed by atoms with E-state index in [4.69, 9.17) is 0 Å². The fourth-order valence-electron chi connectivity index (χ4n) is 2.62. The van der Waals surface area contributed by atoms with Gasteiger partial charge in [0.1, 0.15) is 5.03 Å². The van der Waals surface area contributed by atoms with Crippen molar-refractivity contribution in [1.82, 2.24) is 5.32 Å². The lowest BCUT2D eigenvalue weighted by molar-refractivity contribution is -0.793. The first-order valence-electron chi connectivity index (χ1n) is 7.62. The Morgan fingerprint density at radius 1 is 1.30 bits per heavy atom. The van der Waals surface area contributed by atoms with Gasteiger partial charge in [-0.1, -0.05) is 41.4 Å². The summed E-state index contributed by atoms with van der Waals surface area (Å²) >= 11 is 5.00.